The van der Waals surface area contributed by atoms with Gasteiger partial charge in [0.25, 0.3) is 0 Å². The number of methoxy groups -OCH3 is 1. The largest absolute Gasteiger partial charge is 0.497 e. The Morgan fingerprint density at radius 2 is 2.06 bits per heavy atom. The molecule has 102 valence electrons. The van der Waals surface area contributed by atoms with E-state index >= 15 is 0 Å². The highest BCUT2D eigenvalue weighted by Gasteiger charge is 2.39. The van der Waals surface area contributed by atoms with Crippen molar-refractivity contribution in [2.75, 3.05) is 13.7 Å². The molecule has 2 nitrogen and oxygen atoms in total. The van der Waals surface area contributed by atoms with E-state index in [1.165, 1.54) is 7.11 Å². The average molecular weight is 326 g/mol. The molecule has 0 aromatic heterocycles. The minimum Gasteiger partial charge on any atom is -0.497 e. The number of benzene rings is 1. The van der Waals surface area contributed by atoms with Crippen molar-refractivity contribution in [2.24, 2.45) is 0 Å². The number of alkyl halides is 3. The van der Waals surface area contributed by atoms with Crippen LogP contribution in [-0.4, -0.2) is 25.9 Å². The van der Waals surface area contributed by atoms with E-state index < -0.39 is 12.2 Å². The zero-order chi connectivity index (χ0) is 13.8. The highest BCUT2D eigenvalue weighted by molar-refractivity contribution is 9.10. The summed E-state index contributed by atoms with van der Waals surface area (Å²) in [7, 11) is 1.48. The van der Waals surface area contributed by atoms with Crippen molar-refractivity contribution >= 4 is 15.9 Å². The van der Waals surface area contributed by atoms with Crippen molar-refractivity contribution in [3.63, 3.8) is 0 Å². The number of nitrogens with one attached hydrogen (secondary N) is 1. The maximum atomic E-state index is 12.8. The third-order valence-electron chi connectivity index (χ3n) is 2.52. The SMILES string of the molecule is CCNC(Cc1cc(OC)ccc1Br)C(F)(F)F. The number of likely N-dealkylation sites (N-methyl/N-ethyl adjacent to an activating group) is 1. The fraction of sp³-hybridized carbons (Fsp3) is 0.500. The van der Waals surface area contributed by atoms with Crippen LogP contribution in [0, 0.1) is 0 Å². The molecule has 0 fully saturated rings. The van der Waals surface area contributed by atoms with Gasteiger partial charge in [-0.2, -0.15) is 13.2 Å². The number of ether oxygens (including phenoxy) is 1. The van der Waals surface area contributed by atoms with Gasteiger partial charge in [-0.15, -0.1) is 0 Å². The first kappa shape index (κ1) is 15.3. The van der Waals surface area contributed by atoms with Gasteiger partial charge in [0.1, 0.15) is 11.8 Å². The summed E-state index contributed by atoms with van der Waals surface area (Å²) in [5.74, 6) is 0.547. The van der Waals surface area contributed by atoms with Gasteiger partial charge < -0.3 is 10.1 Å². The molecule has 18 heavy (non-hydrogen) atoms. The van der Waals surface area contributed by atoms with E-state index in [0.29, 0.717) is 15.8 Å². The molecule has 0 spiro atoms. The minimum absolute atomic E-state index is 0.130. The van der Waals surface area contributed by atoms with Gasteiger partial charge in [0.05, 0.1) is 7.11 Å². The topological polar surface area (TPSA) is 21.3 Å². The second-order valence-corrected chi connectivity index (χ2v) is 4.67. The van der Waals surface area contributed by atoms with Crippen LogP contribution < -0.4 is 10.1 Å². The lowest BCUT2D eigenvalue weighted by Gasteiger charge is -2.21. The van der Waals surface area contributed by atoms with E-state index in [2.05, 4.69) is 21.2 Å². The third kappa shape index (κ3) is 4.17. The molecule has 0 saturated heterocycles. The van der Waals surface area contributed by atoms with Crippen molar-refractivity contribution < 1.29 is 17.9 Å². The highest BCUT2D eigenvalue weighted by Crippen LogP contribution is 2.28. The summed E-state index contributed by atoms with van der Waals surface area (Å²) < 4.78 is 44.1. The Balaban J connectivity index is 2.92. The molecule has 1 unspecified atom stereocenters. The smallest absolute Gasteiger partial charge is 0.404 e. The molecular weight excluding hydrogens is 311 g/mol. The Kier molecular flexibility index (Phi) is 5.47. The van der Waals surface area contributed by atoms with E-state index in [0.717, 1.165) is 0 Å². The van der Waals surface area contributed by atoms with E-state index in [-0.39, 0.29) is 13.0 Å². The van der Waals surface area contributed by atoms with Crippen LogP contribution in [0.2, 0.25) is 0 Å². The molecule has 0 bridgehead atoms. The van der Waals surface area contributed by atoms with E-state index in [1.54, 1.807) is 25.1 Å². The maximum Gasteiger partial charge on any atom is 0.404 e. The molecule has 0 aliphatic carbocycles. The van der Waals surface area contributed by atoms with E-state index in [1.807, 2.05) is 0 Å². The lowest BCUT2D eigenvalue weighted by molar-refractivity contribution is -0.155. The summed E-state index contributed by atoms with van der Waals surface area (Å²) in [6, 6.07) is 3.45. The molecular formula is C12H15BrF3NO. The van der Waals surface area contributed by atoms with Gasteiger partial charge in [-0.25, -0.2) is 0 Å². The van der Waals surface area contributed by atoms with Gasteiger partial charge >= 0.3 is 6.18 Å². The van der Waals surface area contributed by atoms with Crippen LogP contribution in [0.4, 0.5) is 13.2 Å². The molecule has 1 rings (SSSR count). The van der Waals surface area contributed by atoms with Crippen LogP contribution in [-0.2, 0) is 6.42 Å². The van der Waals surface area contributed by atoms with Crippen molar-refractivity contribution in [3.05, 3.63) is 28.2 Å². The Hall–Kier alpha value is -0.750. The van der Waals surface area contributed by atoms with Gasteiger partial charge in [-0.05, 0) is 36.7 Å². The quantitative estimate of drug-likeness (QED) is 0.894. The molecule has 6 heteroatoms. The average Bonchev–Trinajstić information content (AvgIpc) is 2.30. The van der Waals surface area contributed by atoms with Crippen LogP contribution in [0.15, 0.2) is 22.7 Å². The molecule has 0 aliphatic rings. The van der Waals surface area contributed by atoms with E-state index in [4.69, 9.17) is 4.74 Å². The zero-order valence-corrected chi connectivity index (χ0v) is 11.7. The van der Waals surface area contributed by atoms with Crippen LogP contribution >= 0.6 is 15.9 Å². The van der Waals surface area contributed by atoms with Crippen molar-refractivity contribution in [1.29, 1.82) is 0 Å². The molecule has 0 heterocycles. The lowest BCUT2D eigenvalue weighted by Crippen LogP contribution is -2.43. The first-order valence-corrected chi connectivity index (χ1v) is 6.30. The van der Waals surface area contributed by atoms with Gasteiger partial charge in [-0.1, -0.05) is 22.9 Å². The summed E-state index contributed by atoms with van der Waals surface area (Å²) in [4.78, 5) is 0. The highest BCUT2D eigenvalue weighted by atomic mass is 79.9. The minimum atomic E-state index is -4.27. The van der Waals surface area contributed by atoms with Crippen molar-refractivity contribution in [3.8, 4) is 5.75 Å². The van der Waals surface area contributed by atoms with Crippen LogP contribution in [0.3, 0.4) is 0 Å². The molecule has 0 amide bonds. The predicted molar refractivity (Wildman–Crippen MR) is 67.9 cm³/mol. The summed E-state index contributed by atoms with van der Waals surface area (Å²) in [5, 5.41) is 2.45. The van der Waals surface area contributed by atoms with Crippen LogP contribution in [0.5, 0.6) is 5.75 Å². The fourth-order valence-corrected chi connectivity index (χ4v) is 2.01. The zero-order valence-electron chi connectivity index (χ0n) is 10.1. The first-order chi connectivity index (χ1) is 8.38. The van der Waals surface area contributed by atoms with Crippen molar-refractivity contribution in [2.45, 2.75) is 25.6 Å². The number of rotatable bonds is 5. The molecule has 1 atom stereocenters. The van der Waals surface area contributed by atoms with Gasteiger partial charge in [0, 0.05) is 4.47 Å². The predicted octanol–water partition coefficient (Wildman–Crippen LogP) is 3.54. The summed E-state index contributed by atoms with van der Waals surface area (Å²) in [6.07, 6.45) is -4.40. The first-order valence-electron chi connectivity index (χ1n) is 5.51. The number of hydrogen-bond acceptors (Lipinski definition) is 2. The van der Waals surface area contributed by atoms with Gasteiger partial charge in [-0.3, -0.25) is 0 Å². The number of halogens is 4. The van der Waals surface area contributed by atoms with Gasteiger partial charge in [0.15, 0.2) is 0 Å². The summed E-state index contributed by atoms with van der Waals surface area (Å²) >= 11 is 3.26. The monoisotopic (exact) mass is 325 g/mol. The molecule has 0 saturated carbocycles. The normalized spacial score (nSPS) is 13.4. The number of hydrogen-bond donors (Lipinski definition) is 1. The third-order valence-corrected chi connectivity index (χ3v) is 3.30. The Labute approximate surface area is 113 Å². The second kappa shape index (κ2) is 6.43. The van der Waals surface area contributed by atoms with Crippen molar-refractivity contribution in [1.82, 2.24) is 5.32 Å². The maximum absolute atomic E-state index is 12.8. The molecule has 0 radical (unpaired) electrons. The van der Waals surface area contributed by atoms with Gasteiger partial charge in [0.2, 0.25) is 0 Å². The Morgan fingerprint density at radius 1 is 1.39 bits per heavy atom. The molecule has 1 aromatic carbocycles. The summed E-state index contributed by atoms with van der Waals surface area (Å²) in [6.45, 7) is 1.92. The Bertz CT molecular complexity index is 395. The van der Waals surface area contributed by atoms with E-state index in [9.17, 15) is 13.2 Å². The Morgan fingerprint density at radius 3 is 2.56 bits per heavy atom. The summed E-state index contributed by atoms with van der Waals surface area (Å²) in [5.41, 5.74) is 0.567. The fourth-order valence-electron chi connectivity index (χ4n) is 1.60. The lowest BCUT2D eigenvalue weighted by atomic mass is 10.1. The molecule has 1 N–H and O–H groups in total. The molecule has 0 aliphatic heterocycles. The van der Waals surface area contributed by atoms with Crippen LogP contribution in [0.1, 0.15) is 12.5 Å². The van der Waals surface area contributed by atoms with Crippen LogP contribution in [0.25, 0.3) is 0 Å². The second-order valence-electron chi connectivity index (χ2n) is 3.81. The standard InChI is InChI=1S/C12H15BrF3NO/c1-3-17-11(12(14,15)16)7-8-6-9(18-2)4-5-10(8)13/h4-6,11,17H,3,7H2,1-2H3. The molecule has 1 aromatic rings.